The van der Waals surface area contributed by atoms with Crippen LogP contribution in [-0.2, 0) is 9.53 Å². The number of cyclic esters (lactones) is 1. The highest BCUT2D eigenvalue weighted by atomic mass is 19.3. The Balaban J connectivity index is 2.65. The molecule has 0 bridgehead atoms. The quantitative estimate of drug-likeness (QED) is 0.475. The predicted octanol–water partition coefficient (Wildman–Crippen LogP) is -0.113. The van der Waals surface area contributed by atoms with Crippen molar-refractivity contribution in [2.75, 3.05) is 0 Å². The van der Waals surface area contributed by atoms with Crippen LogP contribution in [0, 0.1) is 0 Å². The molecule has 1 rings (SSSR count). The smallest absolute Gasteiger partial charge is 0.399 e. The maximum atomic E-state index is 11.8. The van der Waals surface area contributed by atoms with Crippen LogP contribution in [0.4, 0.5) is 8.78 Å². The molecule has 0 aromatic rings. The highest BCUT2D eigenvalue weighted by Gasteiger charge is 2.47. The number of aliphatic hydroxyl groups excluding tert-OH is 1. The Kier molecular flexibility index (Phi) is 1.16. The third kappa shape index (κ3) is 1.16. The van der Waals surface area contributed by atoms with Crippen molar-refractivity contribution in [2.45, 2.75) is 18.6 Å². The van der Waals surface area contributed by atoms with Crippen LogP contribution >= 0.6 is 0 Å². The molecule has 0 amide bonds. The maximum absolute atomic E-state index is 11.8. The molecular formula is C4H4F2O3. The summed E-state index contributed by atoms with van der Waals surface area (Å²) < 4.78 is 27.1. The summed E-state index contributed by atoms with van der Waals surface area (Å²) in [4.78, 5) is 10.0. The third-order valence-corrected chi connectivity index (χ3v) is 0.953. The SMILES string of the molecule is O=C1OC(F)(F)CC1O. The minimum Gasteiger partial charge on any atom is -0.399 e. The number of rotatable bonds is 0. The van der Waals surface area contributed by atoms with E-state index in [0.29, 0.717) is 0 Å². The van der Waals surface area contributed by atoms with Gasteiger partial charge in [-0.25, -0.2) is 4.79 Å². The van der Waals surface area contributed by atoms with Crippen molar-refractivity contribution in [3.63, 3.8) is 0 Å². The molecule has 0 aliphatic carbocycles. The van der Waals surface area contributed by atoms with Gasteiger partial charge < -0.3 is 9.84 Å². The fourth-order valence-electron chi connectivity index (χ4n) is 0.565. The van der Waals surface area contributed by atoms with Crippen LogP contribution in [0.3, 0.4) is 0 Å². The highest BCUT2D eigenvalue weighted by molar-refractivity contribution is 5.76. The van der Waals surface area contributed by atoms with Gasteiger partial charge in [-0.2, -0.15) is 8.78 Å². The summed E-state index contributed by atoms with van der Waals surface area (Å²) >= 11 is 0. The summed E-state index contributed by atoms with van der Waals surface area (Å²) in [5, 5.41) is 8.38. The summed E-state index contributed by atoms with van der Waals surface area (Å²) in [6.45, 7) is 0. The van der Waals surface area contributed by atoms with Gasteiger partial charge in [0.1, 0.15) is 0 Å². The van der Waals surface area contributed by atoms with Gasteiger partial charge in [0.25, 0.3) is 0 Å². The summed E-state index contributed by atoms with van der Waals surface area (Å²) in [6, 6.07) is 0. The lowest BCUT2D eigenvalue weighted by atomic mass is 10.3. The first-order chi connectivity index (χ1) is 4.01. The van der Waals surface area contributed by atoms with Gasteiger partial charge in [-0.1, -0.05) is 0 Å². The van der Waals surface area contributed by atoms with E-state index < -0.39 is 24.6 Å². The topological polar surface area (TPSA) is 46.5 Å². The second-order valence-corrected chi connectivity index (χ2v) is 1.78. The molecule has 3 nitrogen and oxygen atoms in total. The van der Waals surface area contributed by atoms with Gasteiger partial charge in [0.2, 0.25) is 0 Å². The van der Waals surface area contributed by atoms with Crippen LogP contribution in [0.2, 0.25) is 0 Å². The molecule has 1 fully saturated rings. The lowest BCUT2D eigenvalue weighted by molar-refractivity contribution is -0.209. The van der Waals surface area contributed by atoms with Gasteiger partial charge in [-0.15, -0.1) is 0 Å². The predicted molar refractivity (Wildman–Crippen MR) is 21.7 cm³/mol. The van der Waals surface area contributed by atoms with Gasteiger partial charge in [0, 0.05) is 0 Å². The van der Waals surface area contributed by atoms with E-state index in [1.807, 2.05) is 0 Å². The average Bonchev–Trinajstić information content (AvgIpc) is 1.79. The fraction of sp³-hybridized carbons (Fsp3) is 0.750. The molecule has 1 aliphatic rings. The molecule has 9 heavy (non-hydrogen) atoms. The minimum atomic E-state index is -3.46. The van der Waals surface area contributed by atoms with Crippen molar-refractivity contribution in [1.29, 1.82) is 0 Å². The Labute approximate surface area is 49.2 Å². The van der Waals surface area contributed by atoms with E-state index >= 15 is 0 Å². The molecular weight excluding hydrogens is 134 g/mol. The molecule has 1 atom stereocenters. The molecule has 0 aromatic carbocycles. The molecule has 1 unspecified atom stereocenters. The maximum Gasteiger partial charge on any atom is 0.402 e. The second kappa shape index (κ2) is 1.63. The lowest BCUT2D eigenvalue weighted by Crippen LogP contribution is -2.13. The van der Waals surface area contributed by atoms with Crippen molar-refractivity contribution in [1.82, 2.24) is 0 Å². The monoisotopic (exact) mass is 138 g/mol. The third-order valence-electron chi connectivity index (χ3n) is 0.953. The summed E-state index contributed by atoms with van der Waals surface area (Å²) in [6.07, 6.45) is -6.04. The second-order valence-electron chi connectivity index (χ2n) is 1.78. The van der Waals surface area contributed by atoms with E-state index in [-0.39, 0.29) is 0 Å². The van der Waals surface area contributed by atoms with E-state index in [9.17, 15) is 13.6 Å². The Morgan fingerprint density at radius 1 is 1.78 bits per heavy atom. The van der Waals surface area contributed by atoms with Gasteiger partial charge in [-0.05, 0) is 0 Å². The minimum absolute atomic E-state index is 0.925. The molecule has 0 spiro atoms. The number of carbonyl (C=O) groups is 1. The number of hydrogen-bond acceptors (Lipinski definition) is 3. The summed E-state index contributed by atoms with van der Waals surface area (Å²) in [5.74, 6) is -1.25. The van der Waals surface area contributed by atoms with Gasteiger partial charge in [0.05, 0.1) is 6.42 Å². The average molecular weight is 138 g/mol. The van der Waals surface area contributed by atoms with E-state index in [0.717, 1.165) is 0 Å². The number of esters is 1. The van der Waals surface area contributed by atoms with Crippen LogP contribution in [0.15, 0.2) is 0 Å². The fourth-order valence-corrected chi connectivity index (χ4v) is 0.565. The molecule has 0 aromatic heterocycles. The van der Waals surface area contributed by atoms with E-state index in [1.165, 1.54) is 0 Å². The van der Waals surface area contributed by atoms with Crippen LogP contribution in [0.25, 0.3) is 0 Å². The summed E-state index contributed by atoms with van der Waals surface area (Å²) in [7, 11) is 0. The zero-order valence-electron chi connectivity index (χ0n) is 4.30. The molecule has 0 radical (unpaired) electrons. The van der Waals surface area contributed by atoms with E-state index in [4.69, 9.17) is 5.11 Å². The van der Waals surface area contributed by atoms with E-state index in [1.54, 1.807) is 0 Å². The molecule has 1 N–H and O–H groups in total. The van der Waals surface area contributed by atoms with Gasteiger partial charge in [0.15, 0.2) is 6.10 Å². The zero-order chi connectivity index (χ0) is 7.07. The number of aliphatic hydroxyl groups is 1. The number of halogens is 2. The highest BCUT2D eigenvalue weighted by Crippen LogP contribution is 2.29. The van der Waals surface area contributed by atoms with Crippen LogP contribution in [-0.4, -0.2) is 23.3 Å². The Bertz CT molecular complexity index is 145. The van der Waals surface area contributed by atoms with Crippen molar-refractivity contribution in [3.8, 4) is 0 Å². The zero-order valence-corrected chi connectivity index (χ0v) is 4.30. The number of hydrogen-bond donors (Lipinski definition) is 1. The molecule has 1 heterocycles. The van der Waals surface area contributed by atoms with Gasteiger partial charge >= 0.3 is 12.1 Å². The van der Waals surface area contributed by atoms with Crippen LogP contribution < -0.4 is 0 Å². The molecule has 52 valence electrons. The van der Waals surface area contributed by atoms with Crippen molar-refractivity contribution in [3.05, 3.63) is 0 Å². The van der Waals surface area contributed by atoms with Crippen molar-refractivity contribution in [2.24, 2.45) is 0 Å². The Morgan fingerprint density at radius 2 is 2.33 bits per heavy atom. The summed E-state index contributed by atoms with van der Waals surface area (Å²) in [5.41, 5.74) is 0. The number of ether oxygens (including phenoxy) is 1. The first kappa shape index (κ1) is 6.41. The molecule has 5 heteroatoms. The largest absolute Gasteiger partial charge is 0.402 e. The standard InChI is InChI=1S/C4H4F2O3/c5-4(6)1-2(7)3(8)9-4/h2,7H,1H2. The lowest BCUT2D eigenvalue weighted by Gasteiger charge is -2.02. The molecule has 1 aliphatic heterocycles. The first-order valence-corrected chi connectivity index (χ1v) is 2.30. The Morgan fingerprint density at radius 3 is 2.44 bits per heavy atom. The van der Waals surface area contributed by atoms with Crippen molar-refractivity contribution < 1.29 is 23.4 Å². The molecule has 1 saturated heterocycles. The normalized spacial score (nSPS) is 32.3. The Hall–Kier alpha value is -0.710. The van der Waals surface area contributed by atoms with Crippen LogP contribution in [0.1, 0.15) is 6.42 Å². The van der Waals surface area contributed by atoms with Crippen molar-refractivity contribution >= 4 is 5.97 Å². The number of carbonyl (C=O) groups excluding carboxylic acids is 1. The first-order valence-electron chi connectivity index (χ1n) is 2.30. The van der Waals surface area contributed by atoms with E-state index in [2.05, 4.69) is 4.74 Å². The van der Waals surface area contributed by atoms with Gasteiger partial charge in [-0.3, -0.25) is 0 Å². The molecule has 0 saturated carbocycles. The number of alkyl halides is 2. The van der Waals surface area contributed by atoms with Crippen LogP contribution in [0.5, 0.6) is 0 Å².